The van der Waals surface area contributed by atoms with Crippen LogP contribution in [0.2, 0.25) is 0 Å². The summed E-state index contributed by atoms with van der Waals surface area (Å²) in [6.07, 6.45) is 3.60. The van der Waals surface area contributed by atoms with E-state index in [2.05, 4.69) is 59.6 Å². The maximum Gasteiger partial charge on any atom is 0.200 e. The van der Waals surface area contributed by atoms with Crippen LogP contribution in [-0.2, 0) is 19.4 Å². The van der Waals surface area contributed by atoms with E-state index >= 15 is 0 Å². The number of rotatable bonds is 7. The Morgan fingerprint density at radius 3 is 2.21 bits per heavy atom. The molecule has 29 heavy (non-hydrogen) atoms. The molecule has 3 aromatic carbocycles. The fraction of sp³-hybridized carbons (Fsp3) is 0.160. The van der Waals surface area contributed by atoms with Crippen molar-refractivity contribution in [2.24, 2.45) is 0 Å². The number of ether oxygens (including phenoxy) is 1. The van der Waals surface area contributed by atoms with E-state index in [0.29, 0.717) is 12.4 Å². The number of methoxy groups -OCH3 is 1. The first kappa shape index (κ1) is 18.8. The van der Waals surface area contributed by atoms with Crippen LogP contribution < -0.4 is 10.5 Å². The lowest BCUT2D eigenvalue weighted by Crippen LogP contribution is -2.03. The smallest absolute Gasteiger partial charge is 0.200 e. The average molecular weight is 383 g/mol. The van der Waals surface area contributed by atoms with Crippen molar-refractivity contribution in [3.8, 4) is 5.75 Å². The zero-order valence-corrected chi connectivity index (χ0v) is 16.6. The number of imidazole rings is 1. The minimum Gasteiger partial charge on any atom is -0.496 e. The second-order valence-corrected chi connectivity index (χ2v) is 7.19. The highest BCUT2D eigenvalue weighted by molar-refractivity contribution is 5.42. The summed E-state index contributed by atoms with van der Waals surface area (Å²) < 4.78 is 7.65. The van der Waals surface area contributed by atoms with Crippen LogP contribution in [0.25, 0.3) is 0 Å². The third-order valence-electron chi connectivity index (χ3n) is 5.03. The van der Waals surface area contributed by atoms with Crippen LogP contribution in [0.4, 0.5) is 5.95 Å². The molecule has 0 aliphatic heterocycles. The molecule has 4 aromatic rings. The third-order valence-corrected chi connectivity index (χ3v) is 5.03. The molecule has 0 saturated carbocycles. The second kappa shape index (κ2) is 8.65. The van der Waals surface area contributed by atoms with Crippen LogP contribution in [0.3, 0.4) is 0 Å². The van der Waals surface area contributed by atoms with Gasteiger partial charge in [-0.15, -0.1) is 0 Å². The standard InChI is InChI=1S/C25H25N3O/c1-29-24-16-21(12-13-22(24)14-19-8-4-2-5-9-19)15-23-18-28(25(26)27-23)17-20-10-6-3-7-11-20/h2-13,16,18H,14-15,17H2,1H3,(H2,26,27). The molecule has 0 aliphatic rings. The van der Waals surface area contributed by atoms with Crippen molar-refractivity contribution in [2.45, 2.75) is 19.4 Å². The molecule has 4 rings (SSSR count). The first-order chi connectivity index (χ1) is 14.2. The highest BCUT2D eigenvalue weighted by atomic mass is 16.5. The molecule has 146 valence electrons. The molecule has 4 nitrogen and oxygen atoms in total. The Kier molecular flexibility index (Phi) is 5.61. The molecule has 0 bridgehead atoms. The molecule has 0 atom stereocenters. The SMILES string of the molecule is COc1cc(Cc2cn(Cc3ccccc3)c(N)n2)ccc1Cc1ccccc1. The molecule has 1 aromatic heterocycles. The average Bonchev–Trinajstić information content (AvgIpc) is 3.09. The van der Waals surface area contributed by atoms with Gasteiger partial charge in [-0.3, -0.25) is 0 Å². The van der Waals surface area contributed by atoms with Crippen molar-refractivity contribution < 1.29 is 4.74 Å². The van der Waals surface area contributed by atoms with Crippen LogP contribution in [-0.4, -0.2) is 16.7 Å². The summed E-state index contributed by atoms with van der Waals surface area (Å²) in [5.74, 6) is 1.44. The second-order valence-electron chi connectivity index (χ2n) is 7.19. The number of nitrogens with zero attached hydrogens (tertiary/aromatic N) is 2. The van der Waals surface area contributed by atoms with Gasteiger partial charge >= 0.3 is 0 Å². The monoisotopic (exact) mass is 383 g/mol. The molecule has 0 aliphatic carbocycles. The highest BCUT2D eigenvalue weighted by Crippen LogP contribution is 2.25. The topological polar surface area (TPSA) is 53.1 Å². The Balaban J connectivity index is 1.50. The van der Waals surface area contributed by atoms with E-state index in [1.165, 1.54) is 16.7 Å². The van der Waals surface area contributed by atoms with E-state index in [1.807, 2.05) is 35.0 Å². The van der Waals surface area contributed by atoms with Crippen LogP contribution in [0.5, 0.6) is 5.75 Å². The lowest BCUT2D eigenvalue weighted by Gasteiger charge is -2.10. The molecule has 4 heteroatoms. The number of aromatic nitrogens is 2. The van der Waals surface area contributed by atoms with Crippen LogP contribution in [0.1, 0.15) is 27.9 Å². The van der Waals surface area contributed by atoms with E-state index in [4.69, 9.17) is 10.5 Å². The van der Waals surface area contributed by atoms with E-state index in [9.17, 15) is 0 Å². The molecule has 0 spiro atoms. The lowest BCUT2D eigenvalue weighted by atomic mass is 10.0. The molecule has 0 unspecified atom stereocenters. The number of hydrogen-bond acceptors (Lipinski definition) is 3. The molecule has 0 saturated heterocycles. The molecule has 0 fully saturated rings. The lowest BCUT2D eigenvalue weighted by molar-refractivity contribution is 0.410. The fourth-order valence-electron chi connectivity index (χ4n) is 3.55. The highest BCUT2D eigenvalue weighted by Gasteiger charge is 2.10. The van der Waals surface area contributed by atoms with E-state index in [0.717, 1.165) is 30.0 Å². The van der Waals surface area contributed by atoms with E-state index in [1.54, 1.807) is 7.11 Å². The number of anilines is 1. The number of nitrogen functional groups attached to an aromatic ring is 1. The number of benzene rings is 3. The van der Waals surface area contributed by atoms with Gasteiger partial charge in [-0.1, -0.05) is 72.8 Å². The summed E-state index contributed by atoms with van der Waals surface area (Å²) in [6, 6.07) is 27.1. The zero-order valence-electron chi connectivity index (χ0n) is 16.6. The summed E-state index contributed by atoms with van der Waals surface area (Å²) in [4.78, 5) is 4.55. The Morgan fingerprint density at radius 2 is 1.52 bits per heavy atom. The minimum atomic E-state index is 0.538. The van der Waals surface area contributed by atoms with Crippen molar-refractivity contribution in [2.75, 3.05) is 12.8 Å². The maximum atomic E-state index is 6.14. The van der Waals surface area contributed by atoms with Crippen LogP contribution in [0, 0.1) is 0 Å². The first-order valence-corrected chi connectivity index (χ1v) is 9.76. The van der Waals surface area contributed by atoms with Gasteiger partial charge in [-0.25, -0.2) is 4.98 Å². The van der Waals surface area contributed by atoms with Gasteiger partial charge in [0.2, 0.25) is 5.95 Å². The van der Waals surface area contributed by atoms with Gasteiger partial charge in [0.15, 0.2) is 0 Å². The summed E-state index contributed by atoms with van der Waals surface area (Å²) >= 11 is 0. The molecule has 0 radical (unpaired) electrons. The predicted octanol–water partition coefficient (Wildman–Crippen LogP) is 4.70. The van der Waals surface area contributed by atoms with Crippen molar-refractivity contribution in [3.63, 3.8) is 0 Å². The summed E-state index contributed by atoms with van der Waals surface area (Å²) in [6.45, 7) is 0.721. The summed E-state index contributed by atoms with van der Waals surface area (Å²) in [5.41, 5.74) is 11.9. The Morgan fingerprint density at radius 1 is 0.828 bits per heavy atom. The predicted molar refractivity (Wildman–Crippen MR) is 117 cm³/mol. The summed E-state index contributed by atoms with van der Waals surface area (Å²) in [5, 5.41) is 0. The Labute approximate surface area is 171 Å². The van der Waals surface area contributed by atoms with Crippen molar-refractivity contribution in [3.05, 3.63) is 113 Å². The van der Waals surface area contributed by atoms with Crippen molar-refractivity contribution in [1.82, 2.24) is 9.55 Å². The van der Waals surface area contributed by atoms with Gasteiger partial charge < -0.3 is 15.0 Å². The van der Waals surface area contributed by atoms with Gasteiger partial charge in [0.05, 0.1) is 19.3 Å². The molecule has 0 amide bonds. The number of nitrogens with two attached hydrogens (primary N) is 1. The largest absolute Gasteiger partial charge is 0.496 e. The van der Waals surface area contributed by atoms with Crippen molar-refractivity contribution >= 4 is 5.95 Å². The van der Waals surface area contributed by atoms with Gasteiger partial charge in [0.25, 0.3) is 0 Å². The van der Waals surface area contributed by atoms with Crippen LogP contribution >= 0.6 is 0 Å². The van der Waals surface area contributed by atoms with Crippen LogP contribution in [0.15, 0.2) is 85.1 Å². The first-order valence-electron chi connectivity index (χ1n) is 9.76. The van der Waals surface area contributed by atoms with E-state index < -0.39 is 0 Å². The number of hydrogen-bond donors (Lipinski definition) is 1. The van der Waals surface area contributed by atoms with Gasteiger partial charge in [0, 0.05) is 19.0 Å². The Bertz CT molecular complexity index is 1070. The normalized spacial score (nSPS) is 10.8. The van der Waals surface area contributed by atoms with Crippen molar-refractivity contribution in [1.29, 1.82) is 0 Å². The Hall–Kier alpha value is -3.53. The maximum absolute atomic E-state index is 6.14. The van der Waals surface area contributed by atoms with Gasteiger partial charge in [-0.05, 0) is 28.3 Å². The summed E-state index contributed by atoms with van der Waals surface area (Å²) in [7, 11) is 1.72. The molecule has 1 heterocycles. The zero-order chi connectivity index (χ0) is 20.1. The fourth-order valence-corrected chi connectivity index (χ4v) is 3.55. The van der Waals surface area contributed by atoms with Gasteiger partial charge in [0.1, 0.15) is 5.75 Å². The molecular weight excluding hydrogens is 358 g/mol. The van der Waals surface area contributed by atoms with Gasteiger partial charge in [-0.2, -0.15) is 0 Å². The minimum absolute atomic E-state index is 0.538. The molecular formula is C25H25N3O. The third kappa shape index (κ3) is 4.66. The van der Waals surface area contributed by atoms with E-state index in [-0.39, 0.29) is 0 Å². The molecule has 2 N–H and O–H groups in total. The quantitative estimate of drug-likeness (QED) is 0.503.